The van der Waals surface area contributed by atoms with Crippen LogP contribution in [-0.4, -0.2) is 32.4 Å². The van der Waals surface area contributed by atoms with Crippen LogP contribution < -0.4 is 10.1 Å². The van der Waals surface area contributed by atoms with Crippen LogP contribution in [0.1, 0.15) is 39.2 Å². The molecule has 0 aromatic heterocycles. The Hall–Kier alpha value is -0.580. The first-order chi connectivity index (χ1) is 9.91. The zero-order valence-corrected chi connectivity index (χ0v) is 15.4. The van der Waals surface area contributed by atoms with Crippen LogP contribution in [0.15, 0.2) is 22.7 Å². The van der Waals surface area contributed by atoms with Gasteiger partial charge < -0.3 is 14.8 Å². The highest BCUT2D eigenvalue weighted by Crippen LogP contribution is 2.27. The standard InChI is InChI=1S/C17H28BrNO2/c1-6-9-19-14(12-17(2,3)21-5)10-13-7-8-16(20-4)15(18)11-13/h7-8,11,14,19H,6,9-10,12H2,1-5H3. The minimum atomic E-state index is -0.116. The molecule has 21 heavy (non-hydrogen) atoms. The lowest BCUT2D eigenvalue weighted by Gasteiger charge is -2.29. The molecular formula is C17H28BrNO2. The quantitative estimate of drug-likeness (QED) is 0.718. The minimum absolute atomic E-state index is 0.116. The Labute approximate surface area is 137 Å². The summed E-state index contributed by atoms with van der Waals surface area (Å²) in [5.41, 5.74) is 1.18. The zero-order valence-electron chi connectivity index (χ0n) is 13.8. The van der Waals surface area contributed by atoms with E-state index in [1.165, 1.54) is 5.56 Å². The van der Waals surface area contributed by atoms with E-state index in [9.17, 15) is 0 Å². The van der Waals surface area contributed by atoms with E-state index < -0.39 is 0 Å². The fourth-order valence-corrected chi connectivity index (χ4v) is 2.95. The summed E-state index contributed by atoms with van der Waals surface area (Å²) < 4.78 is 11.9. The highest BCUT2D eigenvalue weighted by Gasteiger charge is 2.22. The van der Waals surface area contributed by atoms with Gasteiger partial charge in [-0.25, -0.2) is 0 Å². The van der Waals surface area contributed by atoms with Crippen molar-refractivity contribution in [3.63, 3.8) is 0 Å². The fourth-order valence-electron chi connectivity index (χ4n) is 2.36. The molecule has 120 valence electrons. The zero-order chi connectivity index (χ0) is 15.9. The molecule has 3 nitrogen and oxygen atoms in total. The molecule has 1 N–H and O–H groups in total. The molecule has 0 aliphatic carbocycles. The van der Waals surface area contributed by atoms with E-state index >= 15 is 0 Å². The highest BCUT2D eigenvalue weighted by molar-refractivity contribution is 9.10. The van der Waals surface area contributed by atoms with Crippen molar-refractivity contribution < 1.29 is 9.47 Å². The van der Waals surface area contributed by atoms with E-state index in [0.29, 0.717) is 6.04 Å². The summed E-state index contributed by atoms with van der Waals surface area (Å²) in [6, 6.07) is 6.68. The van der Waals surface area contributed by atoms with Gasteiger partial charge in [-0.2, -0.15) is 0 Å². The van der Waals surface area contributed by atoms with Crippen molar-refractivity contribution >= 4 is 15.9 Å². The maximum atomic E-state index is 5.58. The van der Waals surface area contributed by atoms with E-state index in [1.54, 1.807) is 14.2 Å². The van der Waals surface area contributed by atoms with Gasteiger partial charge in [0.15, 0.2) is 0 Å². The molecule has 0 heterocycles. The Bertz CT molecular complexity index is 435. The number of halogens is 1. The highest BCUT2D eigenvalue weighted by atomic mass is 79.9. The summed E-state index contributed by atoms with van der Waals surface area (Å²) in [7, 11) is 3.47. The lowest BCUT2D eigenvalue weighted by molar-refractivity contribution is 0.00714. The summed E-state index contributed by atoms with van der Waals surface area (Å²) in [4.78, 5) is 0. The van der Waals surface area contributed by atoms with Crippen molar-refractivity contribution in [1.82, 2.24) is 5.32 Å². The average molecular weight is 358 g/mol. The Balaban J connectivity index is 2.77. The molecule has 0 saturated heterocycles. The van der Waals surface area contributed by atoms with E-state index in [2.05, 4.69) is 54.2 Å². The predicted molar refractivity (Wildman–Crippen MR) is 92.2 cm³/mol. The topological polar surface area (TPSA) is 30.5 Å². The lowest BCUT2D eigenvalue weighted by Crippen LogP contribution is -2.39. The van der Waals surface area contributed by atoms with Gasteiger partial charge in [0.2, 0.25) is 0 Å². The molecule has 0 radical (unpaired) electrons. The van der Waals surface area contributed by atoms with Crippen molar-refractivity contribution in [3.8, 4) is 5.75 Å². The Morgan fingerprint density at radius 3 is 2.52 bits per heavy atom. The number of methoxy groups -OCH3 is 2. The molecule has 0 spiro atoms. The van der Waals surface area contributed by atoms with Gasteiger partial charge >= 0.3 is 0 Å². The van der Waals surface area contributed by atoms with Crippen LogP contribution in [0.3, 0.4) is 0 Å². The molecule has 0 aliphatic heterocycles. The van der Waals surface area contributed by atoms with Gasteiger partial charge in [0, 0.05) is 13.2 Å². The van der Waals surface area contributed by atoms with Gasteiger partial charge in [-0.05, 0) is 73.3 Å². The normalized spacial score (nSPS) is 13.2. The summed E-state index contributed by atoms with van der Waals surface area (Å²) in [5, 5.41) is 3.63. The van der Waals surface area contributed by atoms with Gasteiger partial charge in [0.05, 0.1) is 17.2 Å². The monoisotopic (exact) mass is 357 g/mol. The average Bonchev–Trinajstić information content (AvgIpc) is 2.44. The van der Waals surface area contributed by atoms with Gasteiger partial charge in [-0.3, -0.25) is 0 Å². The summed E-state index contributed by atoms with van der Waals surface area (Å²) in [6.45, 7) is 7.49. The van der Waals surface area contributed by atoms with Crippen LogP contribution in [0.4, 0.5) is 0 Å². The number of hydrogen-bond donors (Lipinski definition) is 1. The largest absolute Gasteiger partial charge is 0.496 e. The maximum Gasteiger partial charge on any atom is 0.133 e. The molecule has 1 atom stereocenters. The van der Waals surface area contributed by atoms with E-state index in [-0.39, 0.29) is 5.60 Å². The van der Waals surface area contributed by atoms with Gasteiger partial charge in [-0.15, -0.1) is 0 Å². The second-order valence-electron chi connectivity index (χ2n) is 5.99. The number of nitrogens with one attached hydrogen (secondary N) is 1. The van der Waals surface area contributed by atoms with E-state index in [0.717, 1.165) is 36.0 Å². The first-order valence-corrected chi connectivity index (χ1v) is 8.32. The fraction of sp³-hybridized carbons (Fsp3) is 0.647. The Morgan fingerprint density at radius 1 is 1.29 bits per heavy atom. The molecule has 0 bridgehead atoms. The molecule has 1 aromatic carbocycles. The third-order valence-corrected chi connectivity index (χ3v) is 4.29. The summed E-state index contributed by atoms with van der Waals surface area (Å²) in [6.07, 6.45) is 3.10. The van der Waals surface area contributed by atoms with Crippen molar-refractivity contribution in [2.45, 2.75) is 51.7 Å². The van der Waals surface area contributed by atoms with Crippen LogP contribution >= 0.6 is 15.9 Å². The van der Waals surface area contributed by atoms with Crippen LogP contribution in [-0.2, 0) is 11.2 Å². The lowest BCUT2D eigenvalue weighted by atomic mass is 9.94. The molecule has 1 aromatic rings. The molecular weight excluding hydrogens is 330 g/mol. The molecule has 0 aliphatic rings. The first-order valence-electron chi connectivity index (χ1n) is 7.52. The van der Waals surface area contributed by atoms with Crippen molar-refractivity contribution in [2.75, 3.05) is 20.8 Å². The second-order valence-corrected chi connectivity index (χ2v) is 6.85. The van der Waals surface area contributed by atoms with Crippen molar-refractivity contribution in [2.24, 2.45) is 0 Å². The Morgan fingerprint density at radius 2 is 2.00 bits per heavy atom. The van der Waals surface area contributed by atoms with Gasteiger partial charge in [-0.1, -0.05) is 13.0 Å². The molecule has 4 heteroatoms. The molecule has 0 amide bonds. The van der Waals surface area contributed by atoms with Gasteiger partial charge in [0.1, 0.15) is 5.75 Å². The van der Waals surface area contributed by atoms with Crippen LogP contribution in [0.25, 0.3) is 0 Å². The van der Waals surface area contributed by atoms with Crippen LogP contribution in [0.2, 0.25) is 0 Å². The van der Waals surface area contributed by atoms with Gasteiger partial charge in [0.25, 0.3) is 0 Å². The number of benzene rings is 1. The van der Waals surface area contributed by atoms with Crippen molar-refractivity contribution in [3.05, 3.63) is 28.2 Å². The van der Waals surface area contributed by atoms with E-state index in [4.69, 9.17) is 9.47 Å². The van der Waals surface area contributed by atoms with Crippen molar-refractivity contribution in [1.29, 1.82) is 0 Å². The minimum Gasteiger partial charge on any atom is -0.496 e. The second kappa shape index (κ2) is 8.76. The molecule has 0 saturated carbocycles. The molecule has 0 fully saturated rings. The van der Waals surface area contributed by atoms with Crippen LogP contribution in [0, 0.1) is 0 Å². The summed E-state index contributed by atoms with van der Waals surface area (Å²) in [5.74, 6) is 0.869. The Kier molecular flexibility index (Phi) is 7.71. The molecule has 1 unspecified atom stereocenters. The number of ether oxygens (including phenoxy) is 2. The third kappa shape index (κ3) is 6.37. The first kappa shape index (κ1) is 18.5. The van der Waals surface area contributed by atoms with E-state index in [1.807, 2.05) is 6.07 Å². The molecule has 1 rings (SSSR count). The predicted octanol–water partition coefficient (Wildman–Crippen LogP) is 4.18. The van der Waals surface area contributed by atoms with Crippen LogP contribution in [0.5, 0.6) is 5.75 Å². The third-order valence-electron chi connectivity index (χ3n) is 3.67. The smallest absolute Gasteiger partial charge is 0.133 e. The maximum absolute atomic E-state index is 5.58. The SMILES string of the molecule is CCCNC(Cc1ccc(OC)c(Br)c1)CC(C)(C)OC. The number of hydrogen-bond acceptors (Lipinski definition) is 3. The summed E-state index contributed by atoms with van der Waals surface area (Å²) >= 11 is 3.55. The number of rotatable bonds is 9.